The van der Waals surface area contributed by atoms with E-state index in [1.807, 2.05) is 6.92 Å². The number of nitrogens with zero attached hydrogens (tertiary/aromatic N) is 4. The fourth-order valence-corrected chi connectivity index (χ4v) is 1.58. The van der Waals surface area contributed by atoms with Crippen molar-refractivity contribution in [3.05, 3.63) is 46.5 Å². The Morgan fingerprint density at radius 3 is 2.76 bits per heavy atom. The van der Waals surface area contributed by atoms with Gasteiger partial charge in [0, 0.05) is 25.0 Å². The number of anilines is 2. The lowest BCUT2D eigenvalue weighted by molar-refractivity contribution is -0.385. The van der Waals surface area contributed by atoms with Gasteiger partial charge in [-0.15, -0.1) is 0 Å². The minimum Gasteiger partial charge on any atom is -0.370 e. The van der Waals surface area contributed by atoms with E-state index in [1.165, 1.54) is 18.6 Å². The fraction of sp³-hybridized carbons (Fsp3) is 0.167. The van der Waals surface area contributed by atoms with Crippen molar-refractivity contribution in [1.29, 1.82) is 0 Å². The van der Waals surface area contributed by atoms with Gasteiger partial charge in [0.1, 0.15) is 12.0 Å². The van der Waals surface area contributed by atoms with Crippen LogP contribution >= 0.6 is 0 Å². The number of amides is 1. The van der Waals surface area contributed by atoms with Gasteiger partial charge in [-0.05, 0) is 6.92 Å². The smallest absolute Gasteiger partial charge is 0.288 e. The number of hydrogen-bond donors (Lipinski definition) is 2. The largest absolute Gasteiger partial charge is 0.370 e. The van der Waals surface area contributed by atoms with Gasteiger partial charge >= 0.3 is 0 Å². The van der Waals surface area contributed by atoms with Crippen molar-refractivity contribution >= 4 is 23.2 Å². The van der Waals surface area contributed by atoms with Gasteiger partial charge in [0.2, 0.25) is 0 Å². The Kier molecular flexibility index (Phi) is 4.34. The van der Waals surface area contributed by atoms with E-state index in [0.717, 1.165) is 12.3 Å². The Morgan fingerprint density at radius 2 is 2.14 bits per heavy atom. The number of nitro groups is 1. The van der Waals surface area contributed by atoms with E-state index < -0.39 is 10.8 Å². The molecule has 2 aromatic heterocycles. The highest BCUT2D eigenvalue weighted by Gasteiger charge is 2.18. The molecule has 0 aromatic carbocycles. The first kappa shape index (κ1) is 14.3. The first-order valence-electron chi connectivity index (χ1n) is 6.07. The van der Waals surface area contributed by atoms with Crippen LogP contribution in [0.15, 0.2) is 30.9 Å². The average Bonchev–Trinajstić information content (AvgIpc) is 2.48. The molecule has 0 aliphatic rings. The number of pyridine rings is 1. The molecule has 0 unspecified atom stereocenters. The van der Waals surface area contributed by atoms with Crippen LogP contribution in [0, 0.1) is 10.1 Å². The summed E-state index contributed by atoms with van der Waals surface area (Å²) in [6.45, 7) is 2.35. The van der Waals surface area contributed by atoms with Crippen molar-refractivity contribution in [2.75, 3.05) is 17.2 Å². The number of carbonyl (C=O) groups excluding carboxylic acids is 1. The molecule has 0 spiro atoms. The van der Waals surface area contributed by atoms with Crippen molar-refractivity contribution in [2.45, 2.75) is 6.92 Å². The van der Waals surface area contributed by atoms with Crippen LogP contribution < -0.4 is 10.6 Å². The van der Waals surface area contributed by atoms with E-state index in [4.69, 9.17) is 0 Å². The molecule has 2 aromatic rings. The van der Waals surface area contributed by atoms with Crippen LogP contribution in [0.4, 0.5) is 17.3 Å². The van der Waals surface area contributed by atoms with Gasteiger partial charge in [-0.2, -0.15) is 0 Å². The zero-order valence-electron chi connectivity index (χ0n) is 11.1. The molecule has 2 N–H and O–H groups in total. The first-order chi connectivity index (χ1) is 10.1. The zero-order chi connectivity index (χ0) is 15.2. The summed E-state index contributed by atoms with van der Waals surface area (Å²) in [7, 11) is 0. The normalized spacial score (nSPS) is 9.95. The molecule has 2 heterocycles. The van der Waals surface area contributed by atoms with E-state index in [1.54, 1.807) is 0 Å². The molecule has 0 aliphatic heterocycles. The number of rotatable bonds is 5. The topological polar surface area (TPSA) is 123 Å². The number of hydrogen-bond acceptors (Lipinski definition) is 7. The molecule has 0 bridgehead atoms. The molecule has 21 heavy (non-hydrogen) atoms. The molecule has 9 heteroatoms. The van der Waals surface area contributed by atoms with E-state index in [2.05, 4.69) is 25.6 Å². The summed E-state index contributed by atoms with van der Waals surface area (Å²) in [6, 6.07) is 1.16. The SMILES string of the molecule is CCNc1ncc([N+](=O)[O-])cc1C(=O)Nc1cnccn1. The summed E-state index contributed by atoms with van der Waals surface area (Å²) in [4.78, 5) is 34.0. The quantitative estimate of drug-likeness (QED) is 0.630. The third kappa shape index (κ3) is 3.47. The maximum atomic E-state index is 12.2. The lowest BCUT2D eigenvalue weighted by Gasteiger charge is -2.09. The molecule has 0 radical (unpaired) electrons. The standard InChI is InChI=1S/C12H12N6O3/c1-2-14-11-9(5-8(6-16-11)18(20)21)12(19)17-10-7-13-3-4-15-10/h3-7H,2H2,1H3,(H,14,16)(H,15,17,19). The van der Waals surface area contributed by atoms with Gasteiger partial charge in [0.05, 0.1) is 16.7 Å². The molecule has 108 valence electrons. The minimum atomic E-state index is -0.609. The Labute approximate surface area is 119 Å². The molecule has 2 rings (SSSR count). The maximum Gasteiger partial charge on any atom is 0.288 e. The highest BCUT2D eigenvalue weighted by molar-refractivity contribution is 6.07. The second kappa shape index (κ2) is 6.37. The van der Waals surface area contributed by atoms with Crippen molar-refractivity contribution in [3.63, 3.8) is 0 Å². The van der Waals surface area contributed by atoms with Crippen LogP contribution in [-0.2, 0) is 0 Å². The second-order valence-corrected chi connectivity index (χ2v) is 3.92. The number of nitrogens with one attached hydrogen (secondary N) is 2. The third-order valence-electron chi connectivity index (χ3n) is 2.48. The van der Waals surface area contributed by atoms with Crippen LogP contribution in [0.3, 0.4) is 0 Å². The highest BCUT2D eigenvalue weighted by atomic mass is 16.6. The molecular formula is C12H12N6O3. The van der Waals surface area contributed by atoms with Crippen LogP contribution in [0.2, 0.25) is 0 Å². The van der Waals surface area contributed by atoms with Gasteiger partial charge < -0.3 is 10.6 Å². The number of carbonyl (C=O) groups is 1. The summed E-state index contributed by atoms with van der Waals surface area (Å²) < 4.78 is 0. The van der Waals surface area contributed by atoms with Gasteiger partial charge in [-0.1, -0.05) is 0 Å². The summed E-state index contributed by atoms with van der Waals surface area (Å²) in [5.41, 5.74) is -0.197. The molecule has 0 aliphatic carbocycles. The average molecular weight is 288 g/mol. The van der Waals surface area contributed by atoms with Crippen molar-refractivity contribution in [1.82, 2.24) is 15.0 Å². The van der Waals surface area contributed by atoms with Gasteiger partial charge in [-0.25, -0.2) is 9.97 Å². The van der Waals surface area contributed by atoms with Crippen molar-refractivity contribution < 1.29 is 9.72 Å². The van der Waals surface area contributed by atoms with Gasteiger partial charge in [-0.3, -0.25) is 19.9 Å². The summed E-state index contributed by atoms with van der Waals surface area (Å²) in [5.74, 6) is -0.0383. The summed E-state index contributed by atoms with van der Waals surface area (Å²) in [6.07, 6.45) is 5.36. The van der Waals surface area contributed by atoms with Gasteiger partial charge in [0.15, 0.2) is 5.82 Å². The molecular weight excluding hydrogens is 276 g/mol. The van der Waals surface area contributed by atoms with E-state index in [9.17, 15) is 14.9 Å². The molecule has 0 saturated carbocycles. The molecule has 0 atom stereocenters. The molecule has 9 nitrogen and oxygen atoms in total. The van der Waals surface area contributed by atoms with Crippen molar-refractivity contribution in [3.8, 4) is 0 Å². The predicted molar refractivity (Wildman–Crippen MR) is 75.0 cm³/mol. The Bertz CT molecular complexity index is 661. The molecule has 0 fully saturated rings. The predicted octanol–water partition coefficient (Wildman–Crippen LogP) is 1.46. The van der Waals surface area contributed by atoms with Crippen LogP contribution in [0.1, 0.15) is 17.3 Å². The third-order valence-corrected chi connectivity index (χ3v) is 2.48. The molecule has 1 amide bonds. The van der Waals surface area contributed by atoms with Crippen molar-refractivity contribution in [2.24, 2.45) is 0 Å². The Morgan fingerprint density at radius 1 is 1.33 bits per heavy atom. The molecule has 0 saturated heterocycles. The second-order valence-electron chi connectivity index (χ2n) is 3.92. The minimum absolute atomic E-state index is 0.0664. The Balaban J connectivity index is 2.33. The maximum absolute atomic E-state index is 12.2. The van der Waals surface area contributed by atoms with Crippen LogP contribution in [0.5, 0.6) is 0 Å². The van der Waals surface area contributed by atoms with E-state index in [-0.39, 0.29) is 22.9 Å². The highest BCUT2D eigenvalue weighted by Crippen LogP contribution is 2.20. The lowest BCUT2D eigenvalue weighted by atomic mass is 10.2. The van der Waals surface area contributed by atoms with E-state index in [0.29, 0.717) is 6.54 Å². The monoisotopic (exact) mass is 288 g/mol. The Hall–Kier alpha value is -3.10. The summed E-state index contributed by atoms with van der Waals surface area (Å²) in [5, 5.41) is 16.2. The van der Waals surface area contributed by atoms with Gasteiger partial charge in [0.25, 0.3) is 11.6 Å². The first-order valence-corrected chi connectivity index (χ1v) is 6.07. The lowest BCUT2D eigenvalue weighted by Crippen LogP contribution is -2.17. The fourth-order valence-electron chi connectivity index (χ4n) is 1.58. The summed E-state index contributed by atoms with van der Waals surface area (Å²) >= 11 is 0. The zero-order valence-corrected chi connectivity index (χ0v) is 11.1. The van der Waals surface area contributed by atoms with Crippen LogP contribution in [0.25, 0.3) is 0 Å². The van der Waals surface area contributed by atoms with E-state index >= 15 is 0 Å². The number of aromatic nitrogens is 3. The van der Waals surface area contributed by atoms with Crippen LogP contribution in [-0.4, -0.2) is 32.3 Å².